The first-order valence-corrected chi connectivity index (χ1v) is 11.5. The highest BCUT2D eigenvalue weighted by Gasteiger charge is 2.32. The van der Waals surface area contributed by atoms with E-state index in [2.05, 4.69) is 24.2 Å². The number of hydrogen-bond acceptors (Lipinski definition) is 3. The third kappa shape index (κ3) is 6.32. The lowest BCUT2D eigenvalue weighted by Crippen LogP contribution is -2.51. The summed E-state index contributed by atoms with van der Waals surface area (Å²) in [4.78, 5) is 29.0. The molecule has 5 nitrogen and oxygen atoms in total. The second kappa shape index (κ2) is 11.0. The molecule has 1 aromatic rings. The van der Waals surface area contributed by atoms with Crippen molar-refractivity contribution in [1.29, 1.82) is 0 Å². The maximum atomic E-state index is 12.5. The van der Waals surface area contributed by atoms with E-state index in [4.69, 9.17) is 11.6 Å². The molecular weight excluding hydrogens is 398 g/mol. The number of piperidine rings is 1. The molecule has 1 aromatic carbocycles. The summed E-state index contributed by atoms with van der Waals surface area (Å²) in [5.41, 5.74) is 0.849. The van der Waals surface area contributed by atoms with E-state index >= 15 is 0 Å². The molecule has 3 rings (SSSR count). The number of likely N-dealkylation sites (tertiary alicyclic amines) is 1. The van der Waals surface area contributed by atoms with Gasteiger partial charge in [-0.1, -0.05) is 43.5 Å². The fourth-order valence-electron chi connectivity index (χ4n) is 4.81. The molecule has 6 heteroatoms. The number of rotatable bonds is 6. The van der Waals surface area contributed by atoms with Gasteiger partial charge in [-0.15, -0.1) is 0 Å². The van der Waals surface area contributed by atoms with Crippen LogP contribution in [0.25, 0.3) is 6.08 Å². The SMILES string of the molecule is C[C@@H]1CCCC[C@H]1N(C)C1CCN(C(=O)CNC(=O)/C=C/c2cccc(Cl)c2)CC1. The topological polar surface area (TPSA) is 52.6 Å². The molecule has 1 N–H and O–H groups in total. The van der Waals surface area contributed by atoms with E-state index in [1.807, 2.05) is 17.0 Å². The Morgan fingerprint density at radius 2 is 1.93 bits per heavy atom. The summed E-state index contributed by atoms with van der Waals surface area (Å²) in [5, 5.41) is 3.32. The van der Waals surface area contributed by atoms with Crippen LogP contribution < -0.4 is 5.32 Å². The van der Waals surface area contributed by atoms with Crippen LogP contribution in [0.2, 0.25) is 5.02 Å². The van der Waals surface area contributed by atoms with Crippen LogP contribution in [0, 0.1) is 5.92 Å². The molecule has 1 aliphatic heterocycles. The van der Waals surface area contributed by atoms with Gasteiger partial charge in [-0.3, -0.25) is 9.59 Å². The maximum absolute atomic E-state index is 12.5. The summed E-state index contributed by atoms with van der Waals surface area (Å²) in [6.07, 6.45) is 10.5. The number of carbonyl (C=O) groups excluding carboxylic acids is 2. The van der Waals surface area contributed by atoms with Crippen LogP contribution in [0.4, 0.5) is 0 Å². The minimum absolute atomic E-state index is 0.00774. The molecule has 164 valence electrons. The van der Waals surface area contributed by atoms with Gasteiger partial charge in [0.05, 0.1) is 6.54 Å². The minimum Gasteiger partial charge on any atom is -0.343 e. The quantitative estimate of drug-likeness (QED) is 0.693. The molecule has 1 saturated heterocycles. The number of hydrogen-bond donors (Lipinski definition) is 1. The normalized spacial score (nSPS) is 23.1. The van der Waals surface area contributed by atoms with E-state index in [1.165, 1.54) is 31.8 Å². The van der Waals surface area contributed by atoms with Gasteiger partial charge in [0.1, 0.15) is 0 Å². The van der Waals surface area contributed by atoms with Gasteiger partial charge in [0.2, 0.25) is 11.8 Å². The van der Waals surface area contributed by atoms with Gasteiger partial charge < -0.3 is 15.1 Å². The number of benzene rings is 1. The van der Waals surface area contributed by atoms with Crippen molar-refractivity contribution in [2.45, 2.75) is 57.5 Å². The molecule has 0 bridgehead atoms. The lowest BCUT2D eigenvalue weighted by molar-refractivity contribution is -0.133. The van der Waals surface area contributed by atoms with Gasteiger partial charge in [-0.05, 0) is 62.4 Å². The van der Waals surface area contributed by atoms with Crippen molar-refractivity contribution < 1.29 is 9.59 Å². The van der Waals surface area contributed by atoms with E-state index in [9.17, 15) is 9.59 Å². The Morgan fingerprint density at radius 1 is 1.20 bits per heavy atom. The van der Waals surface area contributed by atoms with Crippen LogP contribution in [0.1, 0.15) is 51.0 Å². The van der Waals surface area contributed by atoms with Crippen molar-refractivity contribution >= 4 is 29.5 Å². The average Bonchev–Trinajstić information content (AvgIpc) is 2.76. The molecule has 2 amide bonds. The van der Waals surface area contributed by atoms with Gasteiger partial charge in [0, 0.05) is 36.3 Å². The second-order valence-corrected chi connectivity index (χ2v) is 9.15. The van der Waals surface area contributed by atoms with Crippen molar-refractivity contribution in [2.24, 2.45) is 5.92 Å². The highest BCUT2D eigenvalue weighted by molar-refractivity contribution is 6.30. The molecule has 2 fully saturated rings. The van der Waals surface area contributed by atoms with Crippen molar-refractivity contribution in [1.82, 2.24) is 15.1 Å². The van der Waals surface area contributed by atoms with E-state index in [0.717, 1.165) is 37.4 Å². The van der Waals surface area contributed by atoms with Crippen molar-refractivity contribution in [3.63, 3.8) is 0 Å². The van der Waals surface area contributed by atoms with Crippen molar-refractivity contribution in [3.8, 4) is 0 Å². The zero-order chi connectivity index (χ0) is 21.5. The summed E-state index contributed by atoms with van der Waals surface area (Å²) in [5.74, 6) is 0.481. The fourth-order valence-corrected chi connectivity index (χ4v) is 5.01. The summed E-state index contributed by atoms with van der Waals surface area (Å²) in [7, 11) is 2.26. The molecule has 30 heavy (non-hydrogen) atoms. The maximum Gasteiger partial charge on any atom is 0.244 e. The van der Waals surface area contributed by atoms with Crippen LogP contribution in [0.15, 0.2) is 30.3 Å². The Hall–Kier alpha value is -1.85. The van der Waals surface area contributed by atoms with Crippen LogP contribution in [-0.4, -0.2) is 60.4 Å². The highest BCUT2D eigenvalue weighted by Crippen LogP contribution is 2.30. The smallest absolute Gasteiger partial charge is 0.244 e. The third-order valence-electron chi connectivity index (χ3n) is 6.67. The molecule has 0 radical (unpaired) electrons. The molecule has 1 aliphatic carbocycles. The average molecular weight is 432 g/mol. The summed E-state index contributed by atoms with van der Waals surface area (Å²) in [6, 6.07) is 8.50. The molecule has 2 atom stereocenters. The predicted octanol–water partition coefficient (Wildman–Crippen LogP) is 3.97. The monoisotopic (exact) mass is 431 g/mol. The number of amides is 2. The summed E-state index contributed by atoms with van der Waals surface area (Å²) in [6.45, 7) is 3.95. The second-order valence-electron chi connectivity index (χ2n) is 8.71. The van der Waals surface area contributed by atoms with Gasteiger partial charge in [-0.2, -0.15) is 0 Å². The largest absolute Gasteiger partial charge is 0.343 e. The third-order valence-corrected chi connectivity index (χ3v) is 6.91. The molecule has 0 aromatic heterocycles. The Bertz CT molecular complexity index is 759. The lowest BCUT2D eigenvalue weighted by atomic mass is 9.84. The van der Waals surface area contributed by atoms with Gasteiger partial charge in [-0.25, -0.2) is 0 Å². The van der Waals surface area contributed by atoms with Crippen LogP contribution >= 0.6 is 11.6 Å². The molecule has 1 saturated carbocycles. The standard InChI is InChI=1S/C24H34ClN3O2/c1-18-6-3-4-9-22(18)27(2)21-12-14-28(15-13-21)24(30)17-26-23(29)11-10-19-7-5-8-20(25)16-19/h5,7-8,10-11,16,18,21-22H,3-4,6,9,12-15,17H2,1-2H3,(H,26,29)/b11-10+/t18-,22-/m1/s1. The van der Waals surface area contributed by atoms with Gasteiger partial charge in [0.15, 0.2) is 0 Å². The first-order valence-electron chi connectivity index (χ1n) is 11.1. The van der Waals surface area contributed by atoms with E-state index in [0.29, 0.717) is 17.1 Å². The molecule has 2 aliphatic rings. The van der Waals surface area contributed by atoms with Crippen LogP contribution in [0.5, 0.6) is 0 Å². The zero-order valence-electron chi connectivity index (χ0n) is 18.1. The van der Waals surface area contributed by atoms with Gasteiger partial charge in [0.25, 0.3) is 0 Å². The van der Waals surface area contributed by atoms with Crippen molar-refractivity contribution in [2.75, 3.05) is 26.7 Å². The zero-order valence-corrected chi connectivity index (χ0v) is 18.9. The number of nitrogens with zero attached hydrogens (tertiary/aromatic N) is 2. The Morgan fingerprint density at radius 3 is 2.63 bits per heavy atom. The number of nitrogens with one attached hydrogen (secondary N) is 1. The Kier molecular flexibility index (Phi) is 8.34. The lowest BCUT2D eigenvalue weighted by Gasteiger charge is -2.44. The summed E-state index contributed by atoms with van der Waals surface area (Å²) < 4.78 is 0. The van der Waals surface area contributed by atoms with Gasteiger partial charge >= 0.3 is 0 Å². The predicted molar refractivity (Wildman–Crippen MR) is 122 cm³/mol. The summed E-state index contributed by atoms with van der Waals surface area (Å²) >= 11 is 5.94. The number of halogens is 1. The fraction of sp³-hybridized carbons (Fsp3) is 0.583. The molecule has 1 heterocycles. The van der Waals surface area contributed by atoms with E-state index in [-0.39, 0.29) is 18.4 Å². The molecule has 0 unspecified atom stereocenters. The first-order chi connectivity index (χ1) is 14.4. The first kappa shape index (κ1) is 22.8. The number of carbonyl (C=O) groups is 2. The van der Waals surface area contributed by atoms with Crippen molar-refractivity contribution in [3.05, 3.63) is 40.9 Å². The Labute approximate surface area is 185 Å². The van der Waals surface area contributed by atoms with Crippen LogP contribution in [-0.2, 0) is 9.59 Å². The minimum atomic E-state index is -0.274. The molecular formula is C24H34ClN3O2. The van der Waals surface area contributed by atoms with E-state index in [1.54, 1.807) is 18.2 Å². The van der Waals surface area contributed by atoms with E-state index < -0.39 is 0 Å². The van der Waals surface area contributed by atoms with Crippen LogP contribution in [0.3, 0.4) is 0 Å². The highest BCUT2D eigenvalue weighted by atomic mass is 35.5. The molecule has 0 spiro atoms. The Balaban J connectivity index is 1.40.